The fourth-order valence-corrected chi connectivity index (χ4v) is 2.19. The molecule has 0 aromatic heterocycles. The van der Waals surface area contributed by atoms with Crippen molar-refractivity contribution in [2.24, 2.45) is 11.8 Å². The highest BCUT2D eigenvalue weighted by Gasteiger charge is 2.31. The minimum atomic E-state index is -0.443. The molecule has 0 saturated carbocycles. The molecule has 0 N–H and O–H groups in total. The van der Waals surface area contributed by atoms with Crippen LogP contribution in [-0.4, -0.2) is 19.0 Å². The molecule has 1 aromatic rings. The van der Waals surface area contributed by atoms with Crippen molar-refractivity contribution in [1.29, 1.82) is 0 Å². The van der Waals surface area contributed by atoms with Crippen molar-refractivity contribution in [3.05, 3.63) is 35.9 Å². The lowest BCUT2D eigenvalue weighted by Crippen LogP contribution is -2.41. The van der Waals surface area contributed by atoms with E-state index in [1.807, 2.05) is 44.2 Å². The topological polar surface area (TPSA) is 18.5 Å². The maximum Gasteiger partial charge on any atom is 0.162 e. The van der Waals surface area contributed by atoms with Gasteiger partial charge in [0.05, 0.1) is 13.2 Å². The van der Waals surface area contributed by atoms with Crippen molar-refractivity contribution >= 4 is 0 Å². The van der Waals surface area contributed by atoms with Gasteiger partial charge in [0, 0.05) is 17.4 Å². The van der Waals surface area contributed by atoms with E-state index in [9.17, 15) is 0 Å². The minimum absolute atomic E-state index is 0.330. The second-order valence-electron chi connectivity index (χ2n) is 5.43. The first-order valence-electron chi connectivity index (χ1n) is 6.95. The van der Waals surface area contributed by atoms with Gasteiger partial charge in [0.25, 0.3) is 0 Å². The molecule has 102 valence electrons. The van der Waals surface area contributed by atoms with Gasteiger partial charge in [-0.3, -0.25) is 0 Å². The molecule has 2 heteroatoms. The van der Waals surface area contributed by atoms with Crippen LogP contribution in [0.5, 0.6) is 0 Å². The Morgan fingerprint density at radius 1 is 1.21 bits per heavy atom. The molecule has 1 aliphatic rings. The first-order chi connectivity index (χ1) is 9.11. The maximum atomic E-state index is 5.72. The first-order valence-corrected chi connectivity index (χ1v) is 6.95. The van der Waals surface area contributed by atoms with E-state index in [0.717, 1.165) is 25.2 Å². The average Bonchev–Trinajstić information content (AvgIpc) is 2.42. The van der Waals surface area contributed by atoms with Gasteiger partial charge in [0.1, 0.15) is 0 Å². The van der Waals surface area contributed by atoms with E-state index in [1.165, 1.54) is 0 Å². The van der Waals surface area contributed by atoms with Crippen LogP contribution >= 0.6 is 0 Å². The Hall–Kier alpha value is -1.30. The Morgan fingerprint density at radius 2 is 1.84 bits per heavy atom. The summed E-state index contributed by atoms with van der Waals surface area (Å²) in [5, 5.41) is 0. The Bertz CT molecular complexity index is 443. The molecule has 1 fully saturated rings. The van der Waals surface area contributed by atoms with Crippen LogP contribution in [0.15, 0.2) is 30.3 Å². The number of rotatable bonds is 2. The summed E-state index contributed by atoms with van der Waals surface area (Å²) in [4.78, 5) is 0. The van der Waals surface area contributed by atoms with Crippen molar-refractivity contribution in [2.75, 3.05) is 13.2 Å². The van der Waals surface area contributed by atoms with Crippen molar-refractivity contribution in [3.8, 4) is 11.8 Å². The van der Waals surface area contributed by atoms with Crippen LogP contribution in [0.4, 0.5) is 0 Å². The van der Waals surface area contributed by atoms with Gasteiger partial charge >= 0.3 is 0 Å². The van der Waals surface area contributed by atoms with Crippen LogP contribution in [-0.2, 0) is 9.47 Å². The van der Waals surface area contributed by atoms with Gasteiger partial charge in [-0.1, -0.05) is 37.0 Å². The van der Waals surface area contributed by atoms with Crippen LogP contribution in [0.2, 0.25) is 0 Å². The van der Waals surface area contributed by atoms with Crippen LogP contribution in [0, 0.1) is 23.7 Å². The zero-order valence-electron chi connectivity index (χ0n) is 12.0. The molecule has 0 amide bonds. The zero-order valence-corrected chi connectivity index (χ0v) is 12.0. The molecule has 0 bridgehead atoms. The number of benzene rings is 1. The van der Waals surface area contributed by atoms with Gasteiger partial charge in [-0.15, -0.1) is 0 Å². The predicted octanol–water partition coefficient (Wildman–Crippen LogP) is 3.46. The Balaban J connectivity index is 2.00. The summed E-state index contributed by atoms with van der Waals surface area (Å²) in [6.07, 6.45) is 1.03. The summed E-state index contributed by atoms with van der Waals surface area (Å²) >= 11 is 0. The number of ether oxygens (including phenoxy) is 2. The highest BCUT2D eigenvalue weighted by atomic mass is 16.7. The highest BCUT2D eigenvalue weighted by Crippen LogP contribution is 2.26. The van der Waals surface area contributed by atoms with Crippen molar-refractivity contribution < 1.29 is 9.47 Å². The molecular weight excluding hydrogens is 236 g/mol. The lowest BCUT2D eigenvalue weighted by molar-refractivity contribution is -0.265. The first kappa shape index (κ1) is 14.1. The van der Waals surface area contributed by atoms with E-state index in [4.69, 9.17) is 9.47 Å². The molecular formula is C17H22O2. The Morgan fingerprint density at radius 3 is 2.42 bits per heavy atom. The maximum absolute atomic E-state index is 5.72. The van der Waals surface area contributed by atoms with E-state index >= 15 is 0 Å². The van der Waals surface area contributed by atoms with E-state index < -0.39 is 5.79 Å². The second-order valence-corrected chi connectivity index (χ2v) is 5.43. The van der Waals surface area contributed by atoms with Gasteiger partial charge in [0.15, 0.2) is 5.79 Å². The molecule has 1 aromatic carbocycles. The monoisotopic (exact) mass is 258 g/mol. The third-order valence-corrected chi connectivity index (χ3v) is 3.47. The highest BCUT2D eigenvalue weighted by molar-refractivity contribution is 5.34. The Labute approximate surface area is 116 Å². The van der Waals surface area contributed by atoms with E-state index in [2.05, 4.69) is 18.8 Å². The number of hydrogen-bond acceptors (Lipinski definition) is 2. The largest absolute Gasteiger partial charge is 0.350 e. The molecule has 0 spiro atoms. The standard InChI is InChI=1S/C17H22O2/c1-4-15(11-10-14-8-6-5-7-9-14)16-12-18-17(2,3)19-13-16/h5-9,15-16H,4,12-13H2,1-3H3/t15-/m0/s1. The van der Waals surface area contributed by atoms with E-state index in [1.54, 1.807) is 0 Å². The minimum Gasteiger partial charge on any atom is -0.350 e. The third kappa shape index (κ3) is 4.09. The summed E-state index contributed by atoms with van der Waals surface area (Å²) < 4.78 is 11.4. The molecule has 1 saturated heterocycles. The molecule has 0 aliphatic carbocycles. The summed E-state index contributed by atoms with van der Waals surface area (Å²) in [6, 6.07) is 10.1. The van der Waals surface area contributed by atoms with Gasteiger partial charge in [-0.2, -0.15) is 0 Å². The van der Waals surface area contributed by atoms with Crippen LogP contribution in [0.25, 0.3) is 0 Å². The number of hydrogen-bond donors (Lipinski definition) is 0. The fourth-order valence-electron chi connectivity index (χ4n) is 2.19. The van der Waals surface area contributed by atoms with Gasteiger partial charge < -0.3 is 9.47 Å². The fraction of sp³-hybridized carbons (Fsp3) is 0.529. The van der Waals surface area contributed by atoms with Crippen LogP contribution in [0.1, 0.15) is 32.8 Å². The van der Waals surface area contributed by atoms with E-state index in [-0.39, 0.29) is 0 Å². The lowest BCUT2D eigenvalue weighted by atomic mass is 9.90. The second kappa shape index (κ2) is 6.23. The van der Waals surface area contributed by atoms with Crippen molar-refractivity contribution in [3.63, 3.8) is 0 Å². The normalized spacial score (nSPS) is 20.4. The van der Waals surface area contributed by atoms with Crippen LogP contribution < -0.4 is 0 Å². The quantitative estimate of drug-likeness (QED) is 0.756. The SMILES string of the molecule is CC[C@@H](C#Cc1ccccc1)C1COC(C)(C)OC1. The molecule has 19 heavy (non-hydrogen) atoms. The summed E-state index contributed by atoms with van der Waals surface area (Å²) in [6.45, 7) is 7.55. The summed E-state index contributed by atoms with van der Waals surface area (Å²) in [5.74, 6) is 6.88. The van der Waals surface area contributed by atoms with Crippen LogP contribution in [0.3, 0.4) is 0 Å². The molecule has 1 aliphatic heterocycles. The Kier molecular flexibility index (Phi) is 4.63. The summed E-state index contributed by atoms with van der Waals surface area (Å²) in [7, 11) is 0. The molecule has 2 rings (SSSR count). The molecule has 0 radical (unpaired) electrons. The van der Waals surface area contributed by atoms with Gasteiger partial charge in [0.2, 0.25) is 0 Å². The summed E-state index contributed by atoms with van der Waals surface area (Å²) in [5.41, 5.74) is 1.07. The third-order valence-electron chi connectivity index (χ3n) is 3.47. The van der Waals surface area contributed by atoms with Gasteiger partial charge in [-0.25, -0.2) is 0 Å². The van der Waals surface area contributed by atoms with Crippen molar-refractivity contribution in [1.82, 2.24) is 0 Å². The van der Waals surface area contributed by atoms with Gasteiger partial charge in [-0.05, 0) is 32.4 Å². The average molecular weight is 258 g/mol. The zero-order chi connectivity index (χ0) is 13.7. The smallest absolute Gasteiger partial charge is 0.162 e. The molecule has 1 heterocycles. The predicted molar refractivity (Wildman–Crippen MR) is 76.6 cm³/mol. The van der Waals surface area contributed by atoms with Crippen molar-refractivity contribution in [2.45, 2.75) is 33.0 Å². The lowest BCUT2D eigenvalue weighted by Gasteiger charge is -2.36. The van der Waals surface area contributed by atoms with E-state index in [0.29, 0.717) is 11.8 Å². The molecule has 2 nitrogen and oxygen atoms in total. The molecule has 0 unspecified atom stereocenters. The molecule has 1 atom stereocenters.